The van der Waals surface area contributed by atoms with Crippen molar-refractivity contribution in [3.63, 3.8) is 0 Å². The van der Waals surface area contributed by atoms with Crippen molar-refractivity contribution in [2.24, 2.45) is 0 Å². The second-order valence-corrected chi connectivity index (χ2v) is 6.96. The Morgan fingerprint density at radius 2 is 1.65 bits per heavy atom. The maximum Gasteiger partial charge on any atom is 0.228 e. The van der Waals surface area contributed by atoms with Crippen LogP contribution in [-0.2, 0) is 30.5 Å². The molecule has 2 aliphatic carbocycles. The van der Waals surface area contributed by atoms with E-state index in [4.69, 9.17) is 4.98 Å². The van der Waals surface area contributed by atoms with E-state index in [0.717, 1.165) is 32.2 Å². The molecule has 1 saturated heterocycles. The van der Waals surface area contributed by atoms with Crippen LogP contribution in [0.5, 0.6) is 0 Å². The Labute approximate surface area is 125 Å². The Morgan fingerprint density at radius 1 is 1.00 bits per heavy atom. The number of carbonyl (C=O) groups is 1. The van der Waals surface area contributed by atoms with E-state index in [1.165, 1.54) is 47.5 Å². The molecule has 0 bridgehead atoms. The van der Waals surface area contributed by atoms with Crippen LogP contribution in [0, 0.1) is 0 Å². The average molecular weight is 288 g/mol. The highest BCUT2D eigenvalue weighted by Crippen LogP contribution is 2.40. The zero-order valence-corrected chi connectivity index (χ0v) is 12.6. The van der Waals surface area contributed by atoms with E-state index >= 15 is 0 Å². The molecule has 1 aromatic rings. The molecule has 1 unspecified atom stereocenters. The van der Waals surface area contributed by atoms with Gasteiger partial charge in [-0.1, -0.05) is 0 Å². The summed E-state index contributed by atoms with van der Waals surface area (Å²) in [5.41, 5.74) is 6.50. The predicted molar refractivity (Wildman–Crippen MR) is 82.6 cm³/mol. The number of fused-ring (bicyclic) bond motifs is 2. The normalized spacial score (nSPS) is 24.9. The second kappa shape index (κ2) is 4.76. The molecule has 2 heterocycles. The third-order valence-electron chi connectivity index (χ3n) is 4.84. The van der Waals surface area contributed by atoms with Crippen LogP contribution in [0.15, 0.2) is 0 Å². The number of aryl methyl sites for hydroxylation is 2. The van der Waals surface area contributed by atoms with E-state index in [2.05, 4.69) is 12.6 Å². The second-order valence-electron chi connectivity index (χ2n) is 6.23. The molecule has 20 heavy (non-hydrogen) atoms. The highest BCUT2D eigenvalue weighted by molar-refractivity contribution is 7.81. The van der Waals surface area contributed by atoms with Gasteiger partial charge in [-0.15, -0.1) is 0 Å². The molecular formula is C16H20N2OS. The fourth-order valence-electron chi connectivity index (χ4n) is 3.95. The number of anilines is 1. The number of hydrogen-bond acceptors (Lipinski definition) is 3. The number of carbonyl (C=O) groups excluding carboxylic acids is 1. The smallest absolute Gasteiger partial charge is 0.228 e. The van der Waals surface area contributed by atoms with Crippen LogP contribution in [0.25, 0.3) is 0 Å². The lowest BCUT2D eigenvalue weighted by molar-refractivity contribution is -0.117. The Kier molecular flexibility index (Phi) is 3.02. The van der Waals surface area contributed by atoms with Gasteiger partial charge in [-0.05, 0) is 56.1 Å². The topological polar surface area (TPSA) is 33.2 Å². The summed E-state index contributed by atoms with van der Waals surface area (Å²) in [6.45, 7) is 0.769. The van der Waals surface area contributed by atoms with Crippen molar-refractivity contribution in [1.29, 1.82) is 0 Å². The quantitative estimate of drug-likeness (QED) is 0.805. The Hall–Kier alpha value is -1.03. The minimum atomic E-state index is 0.187. The fourth-order valence-corrected chi connectivity index (χ4v) is 4.27. The van der Waals surface area contributed by atoms with Gasteiger partial charge in [-0.3, -0.25) is 9.78 Å². The largest absolute Gasteiger partial charge is 0.311 e. The van der Waals surface area contributed by atoms with Crippen molar-refractivity contribution < 1.29 is 4.79 Å². The summed E-state index contributed by atoms with van der Waals surface area (Å²) in [4.78, 5) is 19.3. The van der Waals surface area contributed by atoms with Crippen LogP contribution in [0.4, 0.5) is 5.69 Å². The molecule has 4 heteroatoms. The van der Waals surface area contributed by atoms with E-state index in [9.17, 15) is 4.79 Å². The van der Waals surface area contributed by atoms with E-state index in [1.807, 2.05) is 4.90 Å². The number of thiol groups is 1. The lowest BCUT2D eigenvalue weighted by atomic mass is 9.91. The van der Waals surface area contributed by atoms with Crippen LogP contribution in [0.1, 0.15) is 48.2 Å². The van der Waals surface area contributed by atoms with Crippen LogP contribution in [-0.4, -0.2) is 22.7 Å². The summed E-state index contributed by atoms with van der Waals surface area (Å²) < 4.78 is 0. The Morgan fingerprint density at radius 3 is 2.35 bits per heavy atom. The summed E-state index contributed by atoms with van der Waals surface area (Å²) in [5, 5.41) is 0.187. The van der Waals surface area contributed by atoms with Crippen molar-refractivity contribution in [2.45, 2.75) is 56.6 Å². The van der Waals surface area contributed by atoms with Crippen molar-refractivity contribution in [3.05, 3.63) is 22.5 Å². The Bertz CT molecular complexity index is 584. The SMILES string of the molecule is O=C1CC(S)CN1c1c2c(nc3c1CCC3)CCCC2. The lowest BCUT2D eigenvalue weighted by Crippen LogP contribution is -2.28. The van der Waals surface area contributed by atoms with Crippen LogP contribution >= 0.6 is 12.6 Å². The Balaban J connectivity index is 1.89. The summed E-state index contributed by atoms with van der Waals surface area (Å²) in [6, 6.07) is 0. The molecule has 106 valence electrons. The summed E-state index contributed by atoms with van der Waals surface area (Å²) in [5.74, 6) is 0.248. The first kappa shape index (κ1) is 12.7. The van der Waals surface area contributed by atoms with Gasteiger partial charge in [-0.2, -0.15) is 12.6 Å². The molecule has 1 fully saturated rings. The first-order valence-electron chi connectivity index (χ1n) is 7.76. The molecule has 0 saturated carbocycles. The van der Waals surface area contributed by atoms with Gasteiger partial charge in [0.2, 0.25) is 5.91 Å². The number of pyridine rings is 1. The van der Waals surface area contributed by atoms with Gasteiger partial charge in [0.1, 0.15) is 0 Å². The zero-order chi connectivity index (χ0) is 13.7. The molecule has 1 aliphatic heterocycles. The van der Waals surface area contributed by atoms with Gasteiger partial charge >= 0.3 is 0 Å². The van der Waals surface area contributed by atoms with Crippen LogP contribution < -0.4 is 4.90 Å². The minimum absolute atomic E-state index is 0.187. The average Bonchev–Trinajstić information content (AvgIpc) is 3.02. The highest BCUT2D eigenvalue weighted by Gasteiger charge is 2.34. The lowest BCUT2D eigenvalue weighted by Gasteiger charge is -2.27. The van der Waals surface area contributed by atoms with Gasteiger partial charge in [0.05, 0.1) is 5.69 Å². The molecule has 0 radical (unpaired) electrons. The maximum atomic E-state index is 12.3. The van der Waals surface area contributed by atoms with Gasteiger partial charge in [0.25, 0.3) is 0 Å². The molecule has 3 aliphatic rings. The van der Waals surface area contributed by atoms with E-state index in [-0.39, 0.29) is 11.2 Å². The summed E-state index contributed by atoms with van der Waals surface area (Å²) in [6.07, 6.45) is 8.58. The number of rotatable bonds is 1. The zero-order valence-electron chi connectivity index (χ0n) is 11.7. The summed E-state index contributed by atoms with van der Waals surface area (Å²) in [7, 11) is 0. The van der Waals surface area contributed by atoms with Gasteiger partial charge in [0.15, 0.2) is 0 Å². The molecule has 0 N–H and O–H groups in total. The molecule has 1 atom stereocenters. The summed E-state index contributed by atoms with van der Waals surface area (Å²) >= 11 is 4.51. The minimum Gasteiger partial charge on any atom is -0.311 e. The molecular weight excluding hydrogens is 268 g/mol. The molecule has 4 rings (SSSR count). The van der Waals surface area contributed by atoms with Gasteiger partial charge < -0.3 is 4.90 Å². The van der Waals surface area contributed by atoms with E-state index < -0.39 is 0 Å². The van der Waals surface area contributed by atoms with Crippen molar-refractivity contribution in [3.8, 4) is 0 Å². The van der Waals surface area contributed by atoms with Crippen LogP contribution in [0.2, 0.25) is 0 Å². The number of nitrogens with zero attached hydrogens (tertiary/aromatic N) is 2. The van der Waals surface area contributed by atoms with Gasteiger partial charge in [0, 0.05) is 29.6 Å². The number of aromatic nitrogens is 1. The van der Waals surface area contributed by atoms with E-state index in [0.29, 0.717) is 6.42 Å². The monoisotopic (exact) mass is 288 g/mol. The van der Waals surface area contributed by atoms with Gasteiger partial charge in [-0.25, -0.2) is 0 Å². The highest BCUT2D eigenvalue weighted by atomic mass is 32.1. The maximum absolute atomic E-state index is 12.3. The molecule has 1 amide bonds. The first-order valence-corrected chi connectivity index (χ1v) is 8.27. The molecule has 3 nitrogen and oxygen atoms in total. The fraction of sp³-hybridized carbons (Fsp3) is 0.625. The third-order valence-corrected chi connectivity index (χ3v) is 5.19. The molecule has 1 aromatic heterocycles. The number of hydrogen-bond donors (Lipinski definition) is 1. The standard InChI is InChI=1S/C16H20N2OS/c19-15-8-10(20)9-18(15)16-11-4-1-2-6-13(11)17-14-7-3-5-12(14)16/h10,20H,1-9H2. The van der Waals surface area contributed by atoms with Crippen molar-refractivity contribution >= 4 is 24.2 Å². The van der Waals surface area contributed by atoms with Crippen LogP contribution in [0.3, 0.4) is 0 Å². The third kappa shape index (κ3) is 1.88. The molecule has 0 aromatic carbocycles. The van der Waals surface area contributed by atoms with E-state index in [1.54, 1.807) is 0 Å². The number of amides is 1. The molecule has 0 spiro atoms. The van der Waals surface area contributed by atoms with Crippen molar-refractivity contribution in [1.82, 2.24) is 4.98 Å². The first-order chi connectivity index (χ1) is 9.74. The predicted octanol–water partition coefficient (Wildman–Crippen LogP) is 2.48. The van der Waals surface area contributed by atoms with Crippen molar-refractivity contribution in [2.75, 3.05) is 11.4 Å².